The van der Waals surface area contributed by atoms with Crippen LogP contribution in [0.3, 0.4) is 0 Å². The average molecular weight is 346 g/mol. The molecule has 0 spiro atoms. The normalized spacial score (nSPS) is 11.2. The number of rotatable bonds is 4. The number of nitrogens with zero attached hydrogens (tertiary/aromatic N) is 3. The second-order valence-electron chi connectivity index (χ2n) is 6.77. The van der Waals surface area contributed by atoms with Gasteiger partial charge in [-0.25, -0.2) is 0 Å². The van der Waals surface area contributed by atoms with E-state index in [4.69, 9.17) is 0 Å². The summed E-state index contributed by atoms with van der Waals surface area (Å²) in [6.45, 7) is 9.54. The Balaban J connectivity index is 2.34. The molecule has 0 aliphatic rings. The maximum atomic E-state index is 12.8. The number of benzene rings is 1. The highest BCUT2D eigenvalue weighted by molar-refractivity contribution is 7.03. The number of carbonyl (C=O) groups excluding carboxylic acids is 2. The molecule has 2 amide bonds. The highest BCUT2D eigenvalue weighted by Gasteiger charge is 2.25. The molecule has 1 aromatic heterocycles. The first-order chi connectivity index (χ1) is 11.2. The number of nitrogens with one attached hydrogen (secondary N) is 1. The minimum absolute atomic E-state index is 0.0719. The molecule has 1 aromatic carbocycles. The van der Waals surface area contributed by atoms with Crippen LogP contribution in [0.1, 0.15) is 42.4 Å². The number of hydrogen-bond donors (Lipinski definition) is 1. The van der Waals surface area contributed by atoms with Gasteiger partial charge in [-0.05, 0) is 57.8 Å². The molecule has 0 fully saturated rings. The molecule has 0 saturated carbocycles. The maximum absolute atomic E-state index is 12.8. The van der Waals surface area contributed by atoms with Crippen molar-refractivity contribution in [2.24, 2.45) is 0 Å². The number of carbonyl (C=O) groups is 2. The largest absolute Gasteiger partial charge is 0.350 e. The monoisotopic (exact) mass is 346 g/mol. The van der Waals surface area contributed by atoms with Gasteiger partial charge in [0.25, 0.3) is 5.91 Å². The smallest absolute Gasteiger partial charge is 0.280 e. The van der Waals surface area contributed by atoms with Crippen LogP contribution in [-0.4, -0.2) is 33.5 Å². The van der Waals surface area contributed by atoms with E-state index in [1.165, 1.54) is 4.90 Å². The Labute approximate surface area is 146 Å². The van der Waals surface area contributed by atoms with Gasteiger partial charge in [-0.15, -0.1) is 5.10 Å². The molecular formula is C17H22N4O2S. The third-order valence-corrected chi connectivity index (χ3v) is 3.79. The van der Waals surface area contributed by atoms with Gasteiger partial charge >= 0.3 is 0 Å². The fraction of sp³-hybridized carbons (Fsp3) is 0.412. The first-order valence-corrected chi connectivity index (χ1v) is 8.48. The van der Waals surface area contributed by atoms with Gasteiger partial charge < -0.3 is 5.32 Å². The molecule has 7 heteroatoms. The molecule has 0 atom stereocenters. The zero-order chi connectivity index (χ0) is 17.9. The minimum Gasteiger partial charge on any atom is -0.350 e. The number of aryl methyl sites for hydroxylation is 2. The van der Waals surface area contributed by atoms with Crippen molar-refractivity contribution < 1.29 is 9.59 Å². The average Bonchev–Trinajstić information content (AvgIpc) is 2.97. The topological polar surface area (TPSA) is 75.2 Å². The van der Waals surface area contributed by atoms with Crippen LogP contribution in [0.5, 0.6) is 0 Å². The molecule has 1 N–H and O–H groups in total. The summed E-state index contributed by atoms with van der Waals surface area (Å²) in [5.41, 5.74) is 2.59. The zero-order valence-corrected chi connectivity index (χ0v) is 15.4. The Morgan fingerprint density at radius 2 is 1.96 bits per heavy atom. The van der Waals surface area contributed by atoms with Crippen molar-refractivity contribution in [1.82, 2.24) is 14.9 Å². The van der Waals surface area contributed by atoms with Crippen LogP contribution in [0.2, 0.25) is 0 Å². The first kappa shape index (κ1) is 18.1. The van der Waals surface area contributed by atoms with Crippen molar-refractivity contribution >= 4 is 29.0 Å². The second-order valence-corrected chi connectivity index (χ2v) is 7.38. The summed E-state index contributed by atoms with van der Waals surface area (Å²) in [5.74, 6) is -0.557. The molecule has 24 heavy (non-hydrogen) atoms. The van der Waals surface area contributed by atoms with E-state index in [0.717, 1.165) is 22.7 Å². The van der Waals surface area contributed by atoms with Gasteiger partial charge in [0.1, 0.15) is 6.54 Å². The second kappa shape index (κ2) is 7.09. The Kier molecular flexibility index (Phi) is 5.33. The quantitative estimate of drug-likeness (QED) is 0.923. The van der Waals surface area contributed by atoms with E-state index in [1.54, 1.807) is 5.38 Å². The molecule has 1 heterocycles. The van der Waals surface area contributed by atoms with E-state index < -0.39 is 0 Å². The predicted octanol–water partition coefficient (Wildman–Crippen LogP) is 2.72. The third-order valence-electron chi connectivity index (χ3n) is 3.28. The highest BCUT2D eigenvalue weighted by Crippen LogP contribution is 2.23. The van der Waals surface area contributed by atoms with Gasteiger partial charge in [-0.2, -0.15) is 0 Å². The van der Waals surface area contributed by atoms with Gasteiger partial charge in [0, 0.05) is 16.6 Å². The van der Waals surface area contributed by atoms with Gasteiger partial charge in [0.05, 0.1) is 0 Å². The highest BCUT2D eigenvalue weighted by atomic mass is 32.1. The van der Waals surface area contributed by atoms with Crippen molar-refractivity contribution in [2.75, 3.05) is 11.4 Å². The Hall–Kier alpha value is -2.28. The molecule has 0 unspecified atom stereocenters. The molecular weight excluding hydrogens is 324 g/mol. The number of anilines is 1. The van der Waals surface area contributed by atoms with E-state index in [9.17, 15) is 9.59 Å². The van der Waals surface area contributed by atoms with Crippen molar-refractivity contribution in [2.45, 2.75) is 40.2 Å². The minimum atomic E-state index is -0.365. The van der Waals surface area contributed by atoms with Crippen LogP contribution in [0.4, 0.5) is 5.69 Å². The molecule has 0 aliphatic carbocycles. The fourth-order valence-corrected chi connectivity index (χ4v) is 2.80. The van der Waals surface area contributed by atoms with E-state index in [-0.39, 0.29) is 29.6 Å². The van der Waals surface area contributed by atoms with Gasteiger partial charge in [0.2, 0.25) is 5.91 Å². The summed E-state index contributed by atoms with van der Waals surface area (Å²) in [7, 11) is 0. The Morgan fingerprint density at radius 1 is 1.25 bits per heavy atom. The first-order valence-electron chi connectivity index (χ1n) is 7.64. The van der Waals surface area contributed by atoms with Crippen LogP contribution < -0.4 is 10.2 Å². The lowest BCUT2D eigenvalue weighted by atomic mass is 10.1. The lowest BCUT2D eigenvalue weighted by molar-refractivity contribution is -0.121. The standard InChI is InChI=1S/C17H22N4O2S/c1-11-6-7-14(12(2)8-11)21(9-15(22)18-17(3,4)5)16(23)13-10-24-20-19-13/h6-8,10H,9H2,1-5H3,(H,18,22). The van der Waals surface area contributed by atoms with Gasteiger partial charge in [-0.1, -0.05) is 22.2 Å². The van der Waals surface area contributed by atoms with Crippen LogP contribution in [0, 0.1) is 13.8 Å². The molecule has 0 radical (unpaired) electrons. The van der Waals surface area contributed by atoms with Crippen LogP contribution in [0.25, 0.3) is 0 Å². The predicted molar refractivity (Wildman–Crippen MR) is 95.4 cm³/mol. The van der Waals surface area contributed by atoms with E-state index >= 15 is 0 Å². The van der Waals surface area contributed by atoms with E-state index in [1.807, 2.05) is 52.8 Å². The summed E-state index contributed by atoms with van der Waals surface area (Å²) in [5, 5.41) is 8.31. The van der Waals surface area contributed by atoms with Crippen molar-refractivity contribution in [1.29, 1.82) is 0 Å². The molecule has 128 valence electrons. The van der Waals surface area contributed by atoms with E-state index in [0.29, 0.717) is 5.69 Å². The number of hydrogen-bond acceptors (Lipinski definition) is 5. The van der Waals surface area contributed by atoms with Crippen molar-refractivity contribution in [3.63, 3.8) is 0 Å². The SMILES string of the molecule is Cc1ccc(N(CC(=O)NC(C)(C)C)C(=O)c2csnn2)c(C)c1. The molecule has 6 nitrogen and oxygen atoms in total. The van der Waals surface area contributed by atoms with E-state index in [2.05, 4.69) is 14.9 Å². The lowest BCUT2D eigenvalue weighted by Crippen LogP contribution is -2.47. The van der Waals surface area contributed by atoms with Gasteiger partial charge in [-0.3, -0.25) is 14.5 Å². The lowest BCUT2D eigenvalue weighted by Gasteiger charge is -2.26. The summed E-state index contributed by atoms with van der Waals surface area (Å²) in [4.78, 5) is 26.6. The molecule has 2 rings (SSSR count). The van der Waals surface area contributed by atoms with Crippen molar-refractivity contribution in [3.8, 4) is 0 Å². The zero-order valence-electron chi connectivity index (χ0n) is 14.6. The molecule has 0 saturated heterocycles. The fourth-order valence-electron chi connectivity index (χ4n) is 2.37. The third kappa shape index (κ3) is 4.61. The molecule has 0 bridgehead atoms. The van der Waals surface area contributed by atoms with Crippen LogP contribution >= 0.6 is 11.5 Å². The van der Waals surface area contributed by atoms with Gasteiger partial charge in [0.15, 0.2) is 5.69 Å². The van der Waals surface area contributed by atoms with Crippen LogP contribution in [-0.2, 0) is 4.79 Å². The maximum Gasteiger partial charge on any atom is 0.280 e. The molecule has 0 aliphatic heterocycles. The molecule has 2 aromatic rings. The Morgan fingerprint density at radius 3 is 2.50 bits per heavy atom. The summed E-state index contributed by atoms with van der Waals surface area (Å²) in [6.07, 6.45) is 0. The summed E-state index contributed by atoms with van der Waals surface area (Å²) >= 11 is 1.11. The number of aromatic nitrogens is 2. The number of amides is 2. The van der Waals surface area contributed by atoms with Crippen LogP contribution in [0.15, 0.2) is 23.6 Å². The Bertz CT molecular complexity index is 736. The van der Waals surface area contributed by atoms with Crippen molar-refractivity contribution in [3.05, 3.63) is 40.4 Å². The summed E-state index contributed by atoms with van der Waals surface area (Å²) in [6, 6.07) is 5.76. The summed E-state index contributed by atoms with van der Waals surface area (Å²) < 4.78 is 3.74.